The molecule has 0 aliphatic carbocycles. The van der Waals surface area contributed by atoms with E-state index >= 15 is 0 Å². The van der Waals surface area contributed by atoms with Gasteiger partial charge < -0.3 is 9.47 Å². The van der Waals surface area contributed by atoms with Gasteiger partial charge in [-0.2, -0.15) is 0 Å². The Balaban J connectivity index is 2.75. The van der Waals surface area contributed by atoms with Gasteiger partial charge in [0.25, 0.3) is 0 Å². The summed E-state index contributed by atoms with van der Waals surface area (Å²) in [4.78, 5) is 11.4. The molecule has 0 atom stereocenters. The number of carbonyl (C=O) groups is 1. The Labute approximate surface area is 112 Å². The van der Waals surface area contributed by atoms with Crippen LogP contribution in [0.2, 0.25) is 0 Å². The highest BCUT2D eigenvalue weighted by atomic mass is 16.5. The molecule has 2 rings (SSSR count). The Hall–Kier alpha value is -2.29. The molecular formula is C16H16O3. The smallest absolute Gasteiger partial charge is 0.172 e. The second-order valence-corrected chi connectivity index (χ2v) is 4.21. The molecule has 0 radical (unpaired) electrons. The van der Waals surface area contributed by atoms with Crippen molar-refractivity contribution >= 4 is 6.29 Å². The minimum Gasteiger partial charge on any atom is -0.493 e. The molecule has 0 saturated carbocycles. The number of carbonyl (C=O) groups excluding carboxylic acids is 1. The highest BCUT2D eigenvalue weighted by Gasteiger charge is 2.18. The fourth-order valence-electron chi connectivity index (χ4n) is 2.21. The number of hydrogen-bond donors (Lipinski definition) is 0. The van der Waals surface area contributed by atoms with Crippen LogP contribution in [0.15, 0.2) is 36.4 Å². The largest absolute Gasteiger partial charge is 0.493 e. The summed E-state index contributed by atoms with van der Waals surface area (Å²) in [6.45, 7) is 1.93. The van der Waals surface area contributed by atoms with Crippen LogP contribution in [0, 0.1) is 6.92 Å². The van der Waals surface area contributed by atoms with Crippen LogP contribution in [0.5, 0.6) is 11.5 Å². The molecule has 3 nitrogen and oxygen atoms in total. The molecule has 0 heterocycles. The molecule has 19 heavy (non-hydrogen) atoms. The average molecular weight is 256 g/mol. The third-order valence-corrected chi connectivity index (χ3v) is 3.07. The van der Waals surface area contributed by atoms with Crippen LogP contribution in [0.25, 0.3) is 11.1 Å². The van der Waals surface area contributed by atoms with Gasteiger partial charge in [0.2, 0.25) is 0 Å². The molecule has 0 aliphatic rings. The van der Waals surface area contributed by atoms with E-state index in [9.17, 15) is 4.79 Å². The quantitative estimate of drug-likeness (QED) is 0.785. The minimum atomic E-state index is 0.483. The predicted molar refractivity (Wildman–Crippen MR) is 75.1 cm³/mol. The third kappa shape index (κ3) is 2.32. The molecule has 3 heteroatoms. The molecule has 0 N–H and O–H groups in total. The van der Waals surface area contributed by atoms with E-state index in [-0.39, 0.29) is 0 Å². The summed E-state index contributed by atoms with van der Waals surface area (Å²) in [5.41, 5.74) is 3.28. The first-order chi connectivity index (χ1) is 9.22. The fraction of sp³-hybridized carbons (Fsp3) is 0.188. The van der Waals surface area contributed by atoms with Gasteiger partial charge in [-0.1, -0.05) is 30.3 Å². The lowest BCUT2D eigenvalue weighted by Gasteiger charge is -2.16. The van der Waals surface area contributed by atoms with Gasteiger partial charge >= 0.3 is 0 Å². The van der Waals surface area contributed by atoms with Gasteiger partial charge in [0.05, 0.1) is 19.8 Å². The minimum absolute atomic E-state index is 0.483. The van der Waals surface area contributed by atoms with E-state index in [4.69, 9.17) is 9.47 Å². The van der Waals surface area contributed by atoms with E-state index in [2.05, 4.69) is 0 Å². The first-order valence-corrected chi connectivity index (χ1v) is 5.99. The molecular weight excluding hydrogens is 240 g/mol. The van der Waals surface area contributed by atoms with Crippen molar-refractivity contribution in [2.24, 2.45) is 0 Å². The molecule has 0 unspecified atom stereocenters. The lowest BCUT2D eigenvalue weighted by molar-refractivity contribution is 0.112. The SMILES string of the molecule is COc1c(C)cc(-c2ccccc2)c(C=O)c1OC. The molecule has 2 aromatic rings. The van der Waals surface area contributed by atoms with Gasteiger partial charge in [-0.05, 0) is 29.7 Å². The molecule has 0 saturated heterocycles. The summed E-state index contributed by atoms with van der Waals surface area (Å²) in [7, 11) is 3.11. The zero-order valence-corrected chi connectivity index (χ0v) is 11.3. The summed E-state index contributed by atoms with van der Waals surface area (Å²) in [6.07, 6.45) is 0.809. The third-order valence-electron chi connectivity index (χ3n) is 3.07. The summed E-state index contributed by atoms with van der Waals surface area (Å²) >= 11 is 0. The van der Waals surface area contributed by atoms with Crippen LogP contribution >= 0.6 is 0 Å². The van der Waals surface area contributed by atoms with Gasteiger partial charge in [0.15, 0.2) is 17.8 Å². The monoisotopic (exact) mass is 256 g/mol. The second kappa shape index (κ2) is 5.57. The van der Waals surface area contributed by atoms with Crippen LogP contribution in [0.1, 0.15) is 15.9 Å². The number of aryl methyl sites for hydroxylation is 1. The van der Waals surface area contributed by atoms with Crippen molar-refractivity contribution in [3.8, 4) is 22.6 Å². The van der Waals surface area contributed by atoms with Gasteiger partial charge in [-0.25, -0.2) is 0 Å². The highest BCUT2D eigenvalue weighted by molar-refractivity contribution is 5.93. The predicted octanol–water partition coefficient (Wildman–Crippen LogP) is 3.49. The van der Waals surface area contributed by atoms with Crippen molar-refractivity contribution in [1.82, 2.24) is 0 Å². The summed E-state index contributed by atoms with van der Waals surface area (Å²) in [6, 6.07) is 11.7. The molecule has 98 valence electrons. The number of rotatable bonds is 4. The van der Waals surface area contributed by atoms with E-state index in [1.165, 1.54) is 0 Å². The summed E-state index contributed by atoms with van der Waals surface area (Å²) in [5.74, 6) is 1.08. The number of benzene rings is 2. The van der Waals surface area contributed by atoms with Crippen LogP contribution < -0.4 is 9.47 Å². The van der Waals surface area contributed by atoms with Gasteiger partial charge in [-0.3, -0.25) is 4.79 Å². The summed E-state index contributed by atoms with van der Waals surface area (Å²) in [5, 5.41) is 0. The van der Waals surface area contributed by atoms with E-state index < -0.39 is 0 Å². The number of methoxy groups -OCH3 is 2. The lowest BCUT2D eigenvalue weighted by atomic mass is 9.96. The van der Waals surface area contributed by atoms with Gasteiger partial charge in [0.1, 0.15) is 0 Å². The lowest BCUT2D eigenvalue weighted by Crippen LogP contribution is -2.00. The second-order valence-electron chi connectivity index (χ2n) is 4.21. The highest BCUT2D eigenvalue weighted by Crippen LogP contribution is 2.39. The number of hydrogen-bond acceptors (Lipinski definition) is 3. The fourth-order valence-corrected chi connectivity index (χ4v) is 2.21. The van der Waals surface area contributed by atoms with Crippen molar-refractivity contribution in [3.63, 3.8) is 0 Å². The van der Waals surface area contributed by atoms with E-state index in [1.54, 1.807) is 14.2 Å². The Kier molecular flexibility index (Phi) is 3.85. The van der Waals surface area contributed by atoms with Crippen molar-refractivity contribution in [2.45, 2.75) is 6.92 Å². The molecule has 0 aliphatic heterocycles. The average Bonchev–Trinajstić information content (AvgIpc) is 2.46. The maximum Gasteiger partial charge on any atom is 0.172 e. The van der Waals surface area contributed by atoms with Crippen molar-refractivity contribution in [1.29, 1.82) is 0 Å². The van der Waals surface area contributed by atoms with Crippen LogP contribution in [0.3, 0.4) is 0 Å². The van der Waals surface area contributed by atoms with E-state index in [0.717, 1.165) is 23.0 Å². The van der Waals surface area contributed by atoms with Crippen molar-refractivity contribution in [2.75, 3.05) is 14.2 Å². The summed E-state index contributed by atoms with van der Waals surface area (Å²) < 4.78 is 10.7. The molecule has 0 aromatic heterocycles. The molecule has 0 spiro atoms. The first-order valence-electron chi connectivity index (χ1n) is 5.99. The van der Waals surface area contributed by atoms with Crippen molar-refractivity contribution < 1.29 is 14.3 Å². The number of ether oxygens (including phenoxy) is 2. The molecule has 2 aromatic carbocycles. The Morgan fingerprint density at radius 2 is 1.63 bits per heavy atom. The first kappa shape index (κ1) is 13.1. The van der Waals surface area contributed by atoms with Gasteiger partial charge in [-0.15, -0.1) is 0 Å². The zero-order valence-electron chi connectivity index (χ0n) is 11.3. The Morgan fingerprint density at radius 1 is 1.00 bits per heavy atom. The van der Waals surface area contributed by atoms with E-state index in [0.29, 0.717) is 17.1 Å². The van der Waals surface area contributed by atoms with Crippen LogP contribution in [-0.4, -0.2) is 20.5 Å². The topological polar surface area (TPSA) is 35.5 Å². The standard InChI is InChI=1S/C16H16O3/c1-11-9-13(12-7-5-4-6-8-12)14(10-17)16(19-3)15(11)18-2/h4-10H,1-3H3. The normalized spacial score (nSPS) is 10.1. The van der Waals surface area contributed by atoms with Crippen LogP contribution in [-0.2, 0) is 0 Å². The maximum absolute atomic E-state index is 11.4. The number of aldehydes is 1. The molecule has 0 amide bonds. The van der Waals surface area contributed by atoms with Crippen LogP contribution in [0.4, 0.5) is 0 Å². The Bertz CT molecular complexity index is 589. The maximum atomic E-state index is 11.4. The molecule has 0 fully saturated rings. The zero-order chi connectivity index (χ0) is 13.8. The van der Waals surface area contributed by atoms with Gasteiger partial charge in [0, 0.05) is 0 Å². The van der Waals surface area contributed by atoms with Crippen molar-refractivity contribution in [3.05, 3.63) is 47.5 Å². The van der Waals surface area contributed by atoms with E-state index in [1.807, 2.05) is 43.3 Å². The molecule has 0 bridgehead atoms. The Morgan fingerprint density at radius 3 is 2.16 bits per heavy atom.